The second kappa shape index (κ2) is 9.75. The molecule has 0 unspecified atom stereocenters. The second-order valence-corrected chi connectivity index (χ2v) is 4.53. The zero-order chi connectivity index (χ0) is 13.9. The minimum Gasteiger partial charge on any atom is -0.478 e. The number of aryl methyl sites for hydroxylation is 1. The Bertz CT molecular complexity index is 356. The summed E-state index contributed by atoms with van der Waals surface area (Å²) < 4.78 is 10.7. The van der Waals surface area contributed by atoms with Gasteiger partial charge in [0.15, 0.2) is 0 Å². The van der Waals surface area contributed by atoms with Gasteiger partial charge in [-0.25, -0.2) is 4.98 Å². The molecular formula is C15H26N2O2. The highest BCUT2D eigenvalue weighted by atomic mass is 16.5. The molecule has 0 spiro atoms. The van der Waals surface area contributed by atoms with Crippen LogP contribution in [0.4, 0.5) is 0 Å². The van der Waals surface area contributed by atoms with Gasteiger partial charge in [0.05, 0.1) is 6.61 Å². The van der Waals surface area contributed by atoms with Gasteiger partial charge in [-0.3, -0.25) is 0 Å². The molecule has 0 aliphatic carbocycles. The molecule has 0 radical (unpaired) electrons. The van der Waals surface area contributed by atoms with Crippen LogP contribution in [0.15, 0.2) is 12.1 Å². The lowest BCUT2D eigenvalue weighted by atomic mass is 10.2. The standard InChI is InChI=1S/C15H26N2O2/c1-4-7-16-12-13-10-14(5-2)17-15(11-13)19-9-6-8-18-3/h10-11,16H,4-9,12H2,1-3H3. The van der Waals surface area contributed by atoms with Crippen molar-refractivity contribution in [1.82, 2.24) is 10.3 Å². The first-order chi connectivity index (χ1) is 9.30. The number of nitrogens with zero attached hydrogens (tertiary/aromatic N) is 1. The lowest BCUT2D eigenvalue weighted by Crippen LogP contribution is -2.14. The third-order valence-electron chi connectivity index (χ3n) is 2.78. The van der Waals surface area contributed by atoms with Crippen molar-refractivity contribution in [1.29, 1.82) is 0 Å². The second-order valence-electron chi connectivity index (χ2n) is 4.53. The number of aromatic nitrogens is 1. The van der Waals surface area contributed by atoms with E-state index < -0.39 is 0 Å². The Balaban J connectivity index is 2.55. The Kier molecular flexibility index (Phi) is 8.18. The Morgan fingerprint density at radius 3 is 2.74 bits per heavy atom. The highest BCUT2D eigenvalue weighted by Crippen LogP contribution is 2.13. The maximum absolute atomic E-state index is 5.68. The topological polar surface area (TPSA) is 43.4 Å². The highest BCUT2D eigenvalue weighted by molar-refractivity contribution is 5.25. The predicted octanol–water partition coefficient (Wildman–Crippen LogP) is 2.56. The summed E-state index contributed by atoms with van der Waals surface area (Å²) in [6, 6.07) is 4.17. The fraction of sp³-hybridized carbons (Fsp3) is 0.667. The molecule has 0 aliphatic rings. The number of nitrogens with one attached hydrogen (secondary N) is 1. The smallest absolute Gasteiger partial charge is 0.213 e. The molecule has 1 rings (SSSR count). The fourth-order valence-electron chi connectivity index (χ4n) is 1.77. The van der Waals surface area contributed by atoms with Crippen molar-refractivity contribution in [3.63, 3.8) is 0 Å². The van der Waals surface area contributed by atoms with Crippen LogP contribution in [-0.2, 0) is 17.7 Å². The summed E-state index contributed by atoms with van der Waals surface area (Å²) in [5.74, 6) is 0.726. The number of rotatable bonds is 10. The minimum absolute atomic E-state index is 0.649. The number of methoxy groups -OCH3 is 1. The van der Waals surface area contributed by atoms with E-state index in [9.17, 15) is 0 Å². The van der Waals surface area contributed by atoms with Crippen molar-refractivity contribution in [2.24, 2.45) is 0 Å². The van der Waals surface area contributed by atoms with Gasteiger partial charge >= 0.3 is 0 Å². The van der Waals surface area contributed by atoms with Crippen molar-refractivity contribution in [2.45, 2.75) is 39.7 Å². The first kappa shape index (κ1) is 15.9. The largest absolute Gasteiger partial charge is 0.478 e. The third kappa shape index (κ3) is 6.55. The average molecular weight is 266 g/mol. The molecule has 0 aliphatic heterocycles. The normalized spacial score (nSPS) is 10.7. The lowest BCUT2D eigenvalue weighted by molar-refractivity contribution is 0.170. The lowest BCUT2D eigenvalue weighted by Gasteiger charge is -2.10. The SMILES string of the molecule is CCCNCc1cc(CC)nc(OCCCOC)c1. The van der Waals surface area contributed by atoms with Gasteiger partial charge in [-0.05, 0) is 31.0 Å². The Labute approximate surface area is 116 Å². The van der Waals surface area contributed by atoms with Crippen LogP contribution in [0.1, 0.15) is 37.9 Å². The third-order valence-corrected chi connectivity index (χ3v) is 2.78. The minimum atomic E-state index is 0.649. The molecule has 0 saturated carbocycles. The van der Waals surface area contributed by atoms with E-state index in [-0.39, 0.29) is 0 Å². The van der Waals surface area contributed by atoms with Crippen LogP contribution in [0.5, 0.6) is 5.88 Å². The Hall–Kier alpha value is -1.13. The van der Waals surface area contributed by atoms with Gasteiger partial charge in [-0.2, -0.15) is 0 Å². The fourth-order valence-corrected chi connectivity index (χ4v) is 1.77. The van der Waals surface area contributed by atoms with Crippen molar-refractivity contribution < 1.29 is 9.47 Å². The summed E-state index contributed by atoms with van der Waals surface area (Å²) in [7, 11) is 1.70. The molecule has 4 heteroatoms. The van der Waals surface area contributed by atoms with E-state index in [2.05, 4.69) is 30.2 Å². The molecule has 0 amide bonds. The zero-order valence-electron chi connectivity index (χ0n) is 12.4. The number of ether oxygens (including phenoxy) is 2. The van der Waals surface area contributed by atoms with E-state index in [1.54, 1.807) is 7.11 Å². The van der Waals surface area contributed by atoms with Crippen LogP contribution in [0.3, 0.4) is 0 Å². The monoisotopic (exact) mass is 266 g/mol. The van der Waals surface area contributed by atoms with Crippen molar-refractivity contribution in [3.05, 3.63) is 23.4 Å². The van der Waals surface area contributed by atoms with Gasteiger partial charge in [0.2, 0.25) is 5.88 Å². The average Bonchev–Trinajstić information content (AvgIpc) is 2.44. The first-order valence-corrected chi connectivity index (χ1v) is 7.12. The van der Waals surface area contributed by atoms with E-state index in [0.29, 0.717) is 6.61 Å². The molecule has 1 aromatic heterocycles. The van der Waals surface area contributed by atoms with Gasteiger partial charge in [-0.15, -0.1) is 0 Å². The summed E-state index contributed by atoms with van der Waals surface area (Å²) >= 11 is 0. The summed E-state index contributed by atoms with van der Waals surface area (Å²) in [4.78, 5) is 4.49. The number of pyridine rings is 1. The summed E-state index contributed by atoms with van der Waals surface area (Å²) in [5, 5.41) is 3.40. The summed E-state index contributed by atoms with van der Waals surface area (Å²) in [5.41, 5.74) is 2.32. The van der Waals surface area contributed by atoms with E-state index in [0.717, 1.165) is 50.5 Å². The van der Waals surface area contributed by atoms with E-state index in [4.69, 9.17) is 9.47 Å². The van der Waals surface area contributed by atoms with E-state index >= 15 is 0 Å². The highest BCUT2D eigenvalue weighted by Gasteiger charge is 2.03. The molecule has 19 heavy (non-hydrogen) atoms. The van der Waals surface area contributed by atoms with Crippen LogP contribution in [-0.4, -0.2) is 31.9 Å². The molecule has 0 aromatic carbocycles. The molecule has 0 fully saturated rings. The maximum Gasteiger partial charge on any atom is 0.213 e. The number of hydrogen-bond acceptors (Lipinski definition) is 4. The van der Waals surface area contributed by atoms with Crippen LogP contribution >= 0.6 is 0 Å². The molecule has 108 valence electrons. The summed E-state index contributed by atoms with van der Waals surface area (Å²) in [6.45, 7) is 7.56. The van der Waals surface area contributed by atoms with Gasteiger partial charge in [0, 0.05) is 38.4 Å². The first-order valence-electron chi connectivity index (χ1n) is 7.12. The molecule has 1 N–H and O–H groups in total. The maximum atomic E-state index is 5.68. The van der Waals surface area contributed by atoms with Crippen molar-refractivity contribution >= 4 is 0 Å². The van der Waals surface area contributed by atoms with Crippen LogP contribution in [0.25, 0.3) is 0 Å². The van der Waals surface area contributed by atoms with Gasteiger partial charge in [0.25, 0.3) is 0 Å². The molecule has 0 atom stereocenters. The van der Waals surface area contributed by atoms with Crippen LogP contribution in [0.2, 0.25) is 0 Å². The summed E-state index contributed by atoms with van der Waals surface area (Å²) in [6.07, 6.45) is 2.96. The van der Waals surface area contributed by atoms with Crippen molar-refractivity contribution in [2.75, 3.05) is 26.9 Å². The molecule has 1 heterocycles. The van der Waals surface area contributed by atoms with Crippen LogP contribution in [0, 0.1) is 0 Å². The van der Waals surface area contributed by atoms with Gasteiger partial charge in [0.1, 0.15) is 0 Å². The van der Waals surface area contributed by atoms with Gasteiger partial charge < -0.3 is 14.8 Å². The molecule has 0 saturated heterocycles. The molecule has 4 nitrogen and oxygen atoms in total. The quantitative estimate of drug-likeness (QED) is 0.661. The Morgan fingerprint density at radius 2 is 2.05 bits per heavy atom. The van der Waals surface area contributed by atoms with Gasteiger partial charge in [-0.1, -0.05) is 13.8 Å². The zero-order valence-corrected chi connectivity index (χ0v) is 12.4. The van der Waals surface area contributed by atoms with E-state index in [1.165, 1.54) is 5.56 Å². The van der Waals surface area contributed by atoms with E-state index in [1.807, 2.05) is 6.07 Å². The van der Waals surface area contributed by atoms with Crippen molar-refractivity contribution in [3.8, 4) is 5.88 Å². The number of hydrogen-bond donors (Lipinski definition) is 1. The van der Waals surface area contributed by atoms with Crippen LogP contribution < -0.4 is 10.1 Å². The Morgan fingerprint density at radius 1 is 1.21 bits per heavy atom. The molecule has 1 aromatic rings. The molecule has 0 bridgehead atoms. The predicted molar refractivity (Wildman–Crippen MR) is 77.6 cm³/mol. The molecular weight excluding hydrogens is 240 g/mol.